The quantitative estimate of drug-likeness (QED) is 0.214. The van der Waals surface area contributed by atoms with Gasteiger partial charge in [0.2, 0.25) is 11.9 Å². The summed E-state index contributed by atoms with van der Waals surface area (Å²) in [7, 11) is 3.02. The van der Waals surface area contributed by atoms with Crippen molar-refractivity contribution in [3.63, 3.8) is 0 Å². The molecule has 0 aliphatic carbocycles. The fourth-order valence-corrected chi connectivity index (χ4v) is 5.05. The second kappa shape index (κ2) is 13.2. The molecule has 1 aliphatic heterocycles. The molecule has 10 heteroatoms. The topological polar surface area (TPSA) is 114 Å². The number of nitrogens with one attached hydrogen (secondary N) is 1. The Labute approximate surface area is 249 Å². The van der Waals surface area contributed by atoms with E-state index >= 15 is 0 Å². The van der Waals surface area contributed by atoms with Crippen LogP contribution in [0.4, 0.5) is 11.6 Å². The molecule has 0 bridgehead atoms. The first-order chi connectivity index (χ1) is 20.8. The van der Waals surface area contributed by atoms with Gasteiger partial charge in [-0.25, -0.2) is 9.78 Å². The number of benzene rings is 3. The first-order valence-corrected chi connectivity index (χ1v) is 14.1. The van der Waals surface area contributed by atoms with Crippen molar-refractivity contribution in [1.29, 1.82) is 0 Å². The maximum absolute atomic E-state index is 13.3. The third kappa shape index (κ3) is 6.81. The van der Waals surface area contributed by atoms with Crippen LogP contribution >= 0.6 is 0 Å². The van der Waals surface area contributed by atoms with Gasteiger partial charge < -0.3 is 19.1 Å². The molecule has 1 N–H and O–H groups in total. The monoisotopic (exact) mass is 579 g/mol. The predicted octanol–water partition coefficient (Wildman–Crippen LogP) is 4.76. The zero-order chi connectivity index (χ0) is 30.3. The van der Waals surface area contributed by atoms with Gasteiger partial charge in [-0.1, -0.05) is 30.3 Å². The molecule has 1 saturated heterocycles. The maximum atomic E-state index is 13.3. The van der Waals surface area contributed by atoms with Crippen LogP contribution in [0.5, 0.6) is 0 Å². The van der Waals surface area contributed by atoms with Crippen LogP contribution in [-0.4, -0.2) is 65.4 Å². The van der Waals surface area contributed by atoms with Gasteiger partial charge >= 0.3 is 5.97 Å². The Morgan fingerprint density at radius 3 is 2.47 bits per heavy atom. The Balaban J connectivity index is 1.39. The number of nitrogens with zero attached hydrogens (tertiary/aromatic N) is 4. The van der Waals surface area contributed by atoms with Crippen LogP contribution in [0.15, 0.2) is 78.9 Å². The summed E-state index contributed by atoms with van der Waals surface area (Å²) >= 11 is 0. The highest BCUT2D eigenvalue weighted by Gasteiger charge is 2.21. The Hall–Kier alpha value is -5.25. The van der Waals surface area contributed by atoms with Crippen LogP contribution in [0.2, 0.25) is 0 Å². The number of esters is 1. The summed E-state index contributed by atoms with van der Waals surface area (Å²) in [5.74, 6) is -0.408. The number of likely N-dealkylation sites (tertiary alicyclic amines) is 1. The highest BCUT2D eigenvalue weighted by Crippen LogP contribution is 2.27. The first kappa shape index (κ1) is 29.2. The van der Waals surface area contributed by atoms with Crippen LogP contribution in [0.1, 0.15) is 45.5 Å². The molecule has 220 valence electrons. The summed E-state index contributed by atoms with van der Waals surface area (Å²) in [5, 5.41) is 2.94. The van der Waals surface area contributed by atoms with Crippen LogP contribution in [0, 0.1) is 0 Å². The average molecular weight is 580 g/mol. The van der Waals surface area contributed by atoms with Gasteiger partial charge in [0.15, 0.2) is 0 Å². The lowest BCUT2D eigenvalue weighted by atomic mass is 10.1. The third-order valence-electron chi connectivity index (χ3n) is 7.44. The number of rotatable bonds is 10. The molecule has 0 saturated carbocycles. The summed E-state index contributed by atoms with van der Waals surface area (Å²) in [4.78, 5) is 58.0. The second-order valence-electron chi connectivity index (χ2n) is 10.3. The normalized spacial score (nSPS) is 13.1. The van der Waals surface area contributed by atoms with Crippen molar-refractivity contribution in [2.45, 2.75) is 25.8 Å². The van der Waals surface area contributed by atoms with Gasteiger partial charge in [0.05, 0.1) is 18.1 Å². The number of carbonyl (C=O) groups is 4. The van der Waals surface area contributed by atoms with Gasteiger partial charge in [0, 0.05) is 56.0 Å². The molecular formula is C33H33N5O5. The lowest BCUT2D eigenvalue weighted by Crippen LogP contribution is -2.26. The minimum Gasteiger partial charge on any atom is -0.466 e. The Kier molecular flexibility index (Phi) is 8.95. The predicted molar refractivity (Wildman–Crippen MR) is 165 cm³/mol. The third-order valence-corrected chi connectivity index (χ3v) is 7.44. The molecule has 5 rings (SSSR count). The van der Waals surface area contributed by atoms with E-state index in [9.17, 15) is 19.2 Å². The molecule has 0 radical (unpaired) electrons. The number of anilines is 2. The molecule has 3 aromatic carbocycles. The molecular weight excluding hydrogens is 546 g/mol. The summed E-state index contributed by atoms with van der Waals surface area (Å²) in [6.45, 7) is 1.92. The van der Waals surface area contributed by atoms with E-state index < -0.39 is 5.97 Å². The second-order valence-corrected chi connectivity index (χ2v) is 10.3. The molecule has 2 heterocycles. The molecule has 3 amide bonds. The molecule has 1 fully saturated rings. The highest BCUT2D eigenvalue weighted by molar-refractivity contribution is 6.07. The van der Waals surface area contributed by atoms with E-state index in [0.717, 1.165) is 24.0 Å². The standard InChI is InChI=1S/C33H33N5O5/c1-36(32(42)25-8-4-3-5-9-25)26-16-17-28-27(22-26)34-33(38(28)21-7-20-37-19-6-10-29(37)39)35-31(41)24-14-11-23(12-15-24)13-18-30(40)43-2/h3-5,8-9,11-18,22H,6-7,10,19-21H2,1-2H3,(H,34,35,41). The van der Waals surface area contributed by atoms with Crippen LogP contribution in [0.25, 0.3) is 17.1 Å². The van der Waals surface area contributed by atoms with Crippen molar-refractivity contribution in [1.82, 2.24) is 14.5 Å². The summed E-state index contributed by atoms with van der Waals surface area (Å²) < 4.78 is 6.55. The summed E-state index contributed by atoms with van der Waals surface area (Å²) in [6.07, 6.45) is 5.07. The fourth-order valence-electron chi connectivity index (χ4n) is 5.05. The number of amides is 3. The zero-order valence-corrected chi connectivity index (χ0v) is 24.2. The number of carbonyl (C=O) groups excluding carboxylic acids is 4. The molecule has 0 unspecified atom stereocenters. The van der Waals surface area contributed by atoms with E-state index in [-0.39, 0.29) is 17.7 Å². The average Bonchev–Trinajstić information content (AvgIpc) is 3.61. The smallest absolute Gasteiger partial charge is 0.330 e. The molecule has 1 aromatic heterocycles. The Morgan fingerprint density at radius 2 is 1.77 bits per heavy atom. The number of fused-ring (bicyclic) bond motifs is 1. The van der Waals surface area contributed by atoms with Gasteiger partial charge in [-0.2, -0.15) is 0 Å². The SMILES string of the molecule is COC(=O)C=Cc1ccc(C(=O)Nc2nc3cc(N(C)C(=O)c4ccccc4)ccc3n2CCCN2CCCC2=O)cc1. The van der Waals surface area contributed by atoms with E-state index in [1.165, 1.54) is 13.2 Å². The van der Waals surface area contributed by atoms with Crippen LogP contribution < -0.4 is 10.2 Å². The van der Waals surface area contributed by atoms with Crippen LogP contribution in [-0.2, 0) is 20.9 Å². The number of imidazole rings is 1. The maximum Gasteiger partial charge on any atom is 0.330 e. The molecule has 10 nitrogen and oxygen atoms in total. The van der Waals surface area contributed by atoms with E-state index in [1.807, 2.05) is 45.9 Å². The van der Waals surface area contributed by atoms with Crippen molar-refractivity contribution in [2.24, 2.45) is 0 Å². The van der Waals surface area contributed by atoms with E-state index in [4.69, 9.17) is 4.98 Å². The summed E-state index contributed by atoms with van der Waals surface area (Å²) in [5.41, 5.74) is 3.84. The van der Waals surface area contributed by atoms with Gasteiger partial charge in [-0.3, -0.25) is 19.7 Å². The lowest BCUT2D eigenvalue weighted by molar-refractivity contribution is -0.134. The number of hydrogen-bond donors (Lipinski definition) is 1. The van der Waals surface area contributed by atoms with Gasteiger partial charge in [0.25, 0.3) is 11.8 Å². The fraction of sp³-hybridized carbons (Fsp3) is 0.242. The molecule has 1 aliphatic rings. The highest BCUT2D eigenvalue weighted by atomic mass is 16.5. The number of aryl methyl sites for hydroxylation is 1. The lowest BCUT2D eigenvalue weighted by Gasteiger charge is -2.18. The zero-order valence-electron chi connectivity index (χ0n) is 24.2. The largest absolute Gasteiger partial charge is 0.466 e. The van der Waals surface area contributed by atoms with Gasteiger partial charge in [0.1, 0.15) is 0 Å². The van der Waals surface area contributed by atoms with E-state index in [0.29, 0.717) is 54.2 Å². The van der Waals surface area contributed by atoms with E-state index in [2.05, 4.69) is 10.1 Å². The number of ether oxygens (including phenoxy) is 1. The molecule has 0 atom stereocenters. The Morgan fingerprint density at radius 1 is 1.00 bits per heavy atom. The molecule has 0 spiro atoms. The van der Waals surface area contributed by atoms with Crippen LogP contribution in [0.3, 0.4) is 0 Å². The number of methoxy groups -OCH3 is 1. The number of aromatic nitrogens is 2. The van der Waals surface area contributed by atoms with Crippen molar-refractivity contribution in [2.75, 3.05) is 37.5 Å². The number of hydrogen-bond acceptors (Lipinski definition) is 6. The summed E-state index contributed by atoms with van der Waals surface area (Å²) in [6, 6.07) is 21.4. The Bertz CT molecular complexity index is 1680. The van der Waals surface area contributed by atoms with Crippen molar-refractivity contribution >= 4 is 52.4 Å². The molecule has 4 aromatic rings. The van der Waals surface area contributed by atoms with E-state index in [1.54, 1.807) is 54.4 Å². The minimum atomic E-state index is -0.464. The van der Waals surface area contributed by atoms with Crippen molar-refractivity contribution < 1.29 is 23.9 Å². The minimum absolute atomic E-state index is 0.145. The molecule has 43 heavy (non-hydrogen) atoms. The first-order valence-electron chi connectivity index (χ1n) is 14.1. The van der Waals surface area contributed by atoms with Crippen molar-refractivity contribution in [3.8, 4) is 0 Å². The van der Waals surface area contributed by atoms with Crippen molar-refractivity contribution in [3.05, 3.63) is 95.6 Å². The van der Waals surface area contributed by atoms with Gasteiger partial charge in [-0.15, -0.1) is 0 Å². The van der Waals surface area contributed by atoms with Gasteiger partial charge in [-0.05, 0) is 66.9 Å².